The molecule has 120 valence electrons. The van der Waals surface area contributed by atoms with Gasteiger partial charge in [-0.05, 0) is 57.8 Å². The predicted octanol–water partition coefficient (Wildman–Crippen LogP) is 0.832. The van der Waals surface area contributed by atoms with Gasteiger partial charge in [0.1, 0.15) is 0 Å². The fourth-order valence-electron chi connectivity index (χ4n) is 2.00. The van der Waals surface area contributed by atoms with Gasteiger partial charge in [0.2, 0.25) is 5.91 Å². The highest BCUT2D eigenvalue weighted by Gasteiger charge is 2.32. The first kappa shape index (κ1) is 19.4. The van der Waals surface area contributed by atoms with E-state index >= 15 is 0 Å². The van der Waals surface area contributed by atoms with Crippen molar-refractivity contribution >= 4 is 5.91 Å². The van der Waals surface area contributed by atoms with Gasteiger partial charge in [-0.25, -0.2) is 0 Å². The molecule has 1 unspecified atom stereocenters. The van der Waals surface area contributed by atoms with E-state index in [1.165, 1.54) is 0 Å². The first-order valence-electron chi connectivity index (χ1n) is 7.86. The maximum absolute atomic E-state index is 12.2. The zero-order chi connectivity index (χ0) is 15.4. The van der Waals surface area contributed by atoms with Crippen LogP contribution in [0.4, 0.5) is 0 Å². The third-order valence-electron chi connectivity index (χ3n) is 4.04. The van der Waals surface area contributed by atoms with E-state index in [0.717, 1.165) is 51.9 Å². The molecular weight excluding hydrogens is 252 g/mol. The Morgan fingerprint density at radius 2 is 1.70 bits per heavy atom. The van der Waals surface area contributed by atoms with E-state index in [0.29, 0.717) is 12.5 Å². The SMILES string of the molecule is CC(CCN)C(C)(C)C(=O)NCCCNCCCCN. The Labute approximate surface area is 124 Å². The molecule has 0 radical (unpaired) electrons. The number of carbonyl (C=O) groups is 1. The van der Waals surface area contributed by atoms with Crippen LogP contribution in [0, 0.1) is 11.3 Å². The third-order valence-corrected chi connectivity index (χ3v) is 4.04. The summed E-state index contributed by atoms with van der Waals surface area (Å²) in [6.45, 7) is 10.1. The van der Waals surface area contributed by atoms with Gasteiger partial charge >= 0.3 is 0 Å². The number of hydrogen-bond acceptors (Lipinski definition) is 4. The molecule has 0 aliphatic rings. The van der Waals surface area contributed by atoms with E-state index in [2.05, 4.69) is 17.6 Å². The second-order valence-corrected chi connectivity index (χ2v) is 6.06. The normalized spacial score (nSPS) is 13.2. The van der Waals surface area contributed by atoms with Crippen molar-refractivity contribution in [2.75, 3.05) is 32.7 Å². The minimum Gasteiger partial charge on any atom is -0.356 e. The summed E-state index contributed by atoms with van der Waals surface area (Å²) < 4.78 is 0. The fraction of sp³-hybridized carbons (Fsp3) is 0.933. The molecule has 0 aromatic heterocycles. The molecule has 0 aliphatic heterocycles. The molecule has 6 N–H and O–H groups in total. The Morgan fingerprint density at radius 3 is 2.30 bits per heavy atom. The lowest BCUT2D eigenvalue weighted by atomic mass is 9.77. The first-order valence-corrected chi connectivity index (χ1v) is 7.86. The Kier molecular flexibility index (Phi) is 10.7. The van der Waals surface area contributed by atoms with Crippen LogP contribution in [0.3, 0.4) is 0 Å². The lowest BCUT2D eigenvalue weighted by molar-refractivity contribution is -0.131. The van der Waals surface area contributed by atoms with Gasteiger partial charge in [-0.15, -0.1) is 0 Å². The van der Waals surface area contributed by atoms with Gasteiger partial charge in [0.25, 0.3) is 0 Å². The summed E-state index contributed by atoms with van der Waals surface area (Å²) in [6, 6.07) is 0. The van der Waals surface area contributed by atoms with Crippen LogP contribution in [-0.4, -0.2) is 38.6 Å². The van der Waals surface area contributed by atoms with Crippen molar-refractivity contribution in [3.63, 3.8) is 0 Å². The number of unbranched alkanes of at least 4 members (excludes halogenated alkanes) is 1. The molecule has 0 saturated carbocycles. The summed E-state index contributed by atoms with van der Waals surface area (Å²) >= 11 is 0. The number of nitrogens with one attached hydrogen (secondary N) is 2. The number of amides is 1. The standard InChI is InChI=1S/C15H34N4O/c1-13(7-9-17)15(2,3)14(20)19-12-6-11-18-10-5-4-8-16/h13,18H,4-12,16-17H2,1-3H3,(H,19,20). The maximum Gasteiger partial charge on any atom is 0.225 e. The lowest BCUT2D eigenvalue weighted by Gasteiger charge is -2.30. The van der Waals surface area contributed by atoms with Gasteiger partial charge in [0, 0.05) is 12.0 Å². The van der Waals surface area contributed by atoms with Gasteiger partial charge < -0.3 is 22.1 Å². The number of hydrogen-bond donors (Lipinski definition) is 4. The molecule has 1 atom stereocenters. The average Bonchev–Trinajstić information content (AvgIpc) is 2.41. The molecule has 0 heterocycles. The first-order chi connectivity index (χ1) is 9.46. The highest BCUT2D eigenvalue weighted by atomic mass is 16.2. The minimum atomic E-state index is -0.353. The second-order valence-electron chi connectivity index (χ2n) is 6.06. The van der Waals surface area contributed by atoms with E-state index in [1.807, 2.05) is 13.8 Å². The summed E-state index contributed by atoms with van der Waals surface area (Å²) in [7, 11) is 0. The summed E-state index contributed by atoms with van der Waals surface area (Å²) in [4.78, 5) is 12.2. The van der Waals surface area contributed by atoms with Crippen molar-refractivity contribution in [1.82, 2.24) is 10.6 Å². The van der Waals surface area contributed by atoms with Crippen molar-refractivity contribution in [1.29, 1.82) is 0 Å². The number of carbonyl (C=O) groups excluding carboxylic acids is 1. The maximum atomic E-state index is 12.2. The smallest absolute Gasteiger partial charge is 0.225 e. The molecule has 0 fully saturated rings. The lowest BCUT2D eigenvalue weighted by Crippen LogP contribution is -2.42. The van der Waals surface area contributed by atoms with Crippen molar-refractivity contribution in [2.24, 2.45) is 22.8 Å². The van der Waals surface area contributed by atoms with Gasteiger partial charge in [0.15, 0.2) is 0 Å². The van der Waals surface area contributed by atoms with E-state index in [1.54, 1.807) is 0 Å². The van der Waals surface area contributed by atoms with Gasteiger partial charge in [-0.2, -0.15) is 0 Å². The largest absolute Gasteiger partial charge is 0.356 e. The molecule has 0 bridgehead atoms. The summed E-state index contributed by atoms with van der Waals surface area (Å²) in [6.07, 6.45) is 4.02. The predicted molar refractivity (Wildman–Crippen MR) is 85.4 cm³/mol. The van der Waals surface area contributed by atoms with Crippen LogP contribution < -0.4 is 22.1 Å². The molecule has 0 spiro atoms. The van der Waals surface area contributed by atoms with Crippen LogP contribution in [0.1, 0.15) is 46.5 Å². The molecule has 5 nitrogen and oxygen atoms in total. The van der Waals surface area contributed by atoms with Gasteiger partial charge in [-0.1, -0.05) is 20.8 Å². The zero-order valence-electron chi connectivity index (χ0n) is 13.5. The van der Waals surface area contributed by atoms with Crippen LogP contribution in [-0.2, 0) is 4.79 Å². The Balaban J connectivity index is 3.71. The topological polar surface area (TPSA) is 93.2 Å². The average molecular weight is 286 g/mol. The summed E-state index contributed by atoms with van der Waals surface area (Å²) in [5.74, 6) is 0.420. The molecule has 0 aliphatic carbocycles. The monoisotopic (exact) mass is 286 g/mol. The molecule has 0 aromatic rings. The molecule has 1 amide bonds. The Morgan fingerprint density at radius 1 is 1.05 bits per heavy atom. The van der Waals surface area contributed by atoms with Crippen LogP contribution in [0.5, 0.6) is 0 Å². The summed E-state index contributed by atoms with van der Waals surface area (Å²) in [5, 5.41) is 6.38. The fourth-order valence-corrected chi connectivity index (χ4v) is 2.00. The van der Waals surface area contributed by atoms with E-state index < -0.39 is 0 Å². The molecule has 20 heavy (non-hydrogen) atoms. The summed E-state index contributed by atoms with van der Waals surface area (Å²) in [5.41, 5.74) is 10.6. The highest BCUT2D eigenvalue weighted by Crippen LogP contribution is 2.28. The van der Waals surface area contributed by atoms with Crippen LogP contribution >= 0.6 is 0 Å². The van der Waals surface area contributed by atoms with Crippen molar-refractivity contribution < 1.29 is 4.79 Å². The van der Waals surface area contributed by atoms with E-state index in [9.17, 15) is 4.79 Å². The quantitative estimate of drug-likeness (QED) is 0.400. The molecular formula is C15H34N4O. The molecule has 0 rings (SSSR count). The zero-order valence-corrected chi connectivity index (χ0v) is 13.5. The molecule has 0 aromatic carbocycles. The Hall–Kier alpha value is -0.650. The van der Waals surface area contributed by atoms with Crippen LogP contribution in [0.15, 0.2) is 0 Å². The van der Waals surface area contributed by atoms with Crippen molar-refractivity contribution in [3.8, 4) is 0 Å². The van der Waals surface area contributed by atoms with Crippen molar-refractivity contribution in [3.05, 3.63) is 0 Å². The van der Waals surface area contributed by atoms with Gasteiger partial charge in [-0.3, -0.25) is 4.79 Å². The van der Waals surface area contributed by atoms with Crippen LogP contribution in [0.25, 0.3) is 0 Å². The highest BCUT2D eigenvalue weighted by molar-refractivity contribution is 5.82. The third kappa shape index (κ3) is 7.82. The van der Waals surface area contributed by atoms with E-state index in [-0.39, 0.29) is 11.3 Å². The van der Waals surface area contributed by atoms with Gasteiger partial charge in [0.05, 0.1) is 0 Å². The van der Waals surface area contributed by atoms with E-state index in [4.69, 9.17) is 11.5 Å². The van der Waals surface area contributed by atoms with Crippen LogP contribution in [0.2, 0.25) is 0 Å². The molecule has 0 saturated heterocycles. The number of rotatable bonds is 12. The Bertz CT molecular complexity index is 256. The molecule has 5 heteroatoms. The van der Waals surface area contributed by atoms with Crippen molar-refractivity contribution in [2.45, 2.75) is 46.5 Å². The number of nitrogens with two attached hydrogens (primary N) is 2. The minimum absolute atomic E-state index is 0.126. The second kappa shape index (κ2) is 11.1.